The number of hydrogen-bond donors (Lipinski definition) is 0. The highest BCUT2D eigenvalue weighted by Crippen LogP contribution is 2.56. The molecule has 2 heterocycles. The highest BCUT2D eigenvalue weighted by atomic mass is 15.1. The van der Waals surface area contributed by atoms with Gasteiger partial charge in [0.1, 0.15) is 5.82 Å². The van der Waals surface area contributed by atoms with Crippen molar-refractivity contribution >= 4 is 0 Å². The van der Waals surface area contributed by atoms with Gasteiger partial charge in [-0.2, -0.15) is 0 Å². The minimum atomic E-state index is 0.135. The Bertz CT molecular complexity index is 1520. The van der Waals surface area contributed by atoms with Gasteiger partial charge in [-0.15, -0.1) is 0 Å². The first-order valence-corrected chi connectivity index (χ1v) is 16.0. The molecule has 6 rings (SSSR count). The van der Waals surface area contributed by atoms with E-state index in [1.807, 2.05) is 6.20 Å². The van der Waals surface area contributed by atoms with E-state index in [0.717, 1.165) is 17.9 Å². The van der Waals surface area contributed by atoms with Crippen molar-refractivity contribution in [3.05, 3.63) is 88.9 Å². The number of benzene rings is 2. The van der Waals surface area contributed by atoms with Crippen molar-refractivity contribution in [2.24, 2.45) is 5.92 Å². The molecule has 2 aliphatic rings. The van der Waals surface area contributed by atoms with Crippen molar-refractivity contribution in [2.45, 2.75) is 110 Å². The molecular weight excluding hydrogens is 498 g/mol. The molecule has 1 unspecified atom stereocenters. The Balaban J connectivity index is 1.58. The van der Waals surface area contributed by atoms with E-state index in [-0.39, 0.29) is 5.41 Å². The molecule has 0 N–H and O–H groups in total. The number of rotatable bonds is 8. The average Bonchev–Trinajstić information content (AvgIpc) is 3.40. The van der Waals surface area contributed by atoms with Crippen molar-refractivity contribution in [3.63, 3.8) is 0 Å². The quantitative estimate of drug-likeness (QED) is 0.220. The molecule has 4 aromatic rings. The van der Waals surface area contributed by atoms with Crippen LogP contribution < -0.4 is 0 Å². The summed E-state index contributed by atoms with van der Waals surface area (Å²) in [5, 5.41) is 0. The number of imidazole rings is 1. The van der Waals surface area contributed by atoms with Crippen molar-refractivity contribution in [2.75, 3.05) is 0 Å². The number of aromatic nitrogens is 3. The molecule has 0 saturated heterocycles. The highest BCUT2D eigenvalue weighted by Gasteiger charge is 2.49. The summed E-state index contributed by atoms with van der Waals surface area (Å²) in [6, 6.07) is 16.1. The molecule has 2 aromatic carbocycles. The predicted octanol–water partition coefficient (Wildman–Crippen LogP) is 10.4. The number of hydrogen-bond acceptors (Lipinski definition) is 2. The zero-order valence-electron chi connectivity index (χ0n) is 26.2. The zero-order chi connectivity index (χ0) is 28.9. The van der Waals surface area contributed by atoms with E-state index in [9.17, 15) is 0 Å². The Kier molecular flexibility index (Phi) is 7.42. The molecule has 2 saturated carbocycles. The third kappa shape index (κ3) is 4.96. The molecule has 0 amide bonds. The van der Waals surface area contributed by atoms with E-state index >= 15 is 0 Å². The Morgan fingerprint density at radius 1 is 0.927 bits per heavy atom. The van der Waals surface area contributed by atoms with Gasteiger partial charge in [0.25, 0.3) is 0 Å². The Labute approximate surface area is 247 Å². The molecule has 0 aliphatic heterocycles. The van der Waals surface area contributed by atoms with Crippen LogP contribution in [0.15, 0.2) is 61.1 Å². The van der Waals surface area contributed by atoms with Crippen molar-refractivity contribution < 1.29 is 0 Å². The van der Waals surface area contributed by atoms with Gasteiger partial charge in [0.05, 0.1) is 11.4 Å². The van der Waals surface area contributed by atoms with Gasteiger partial charge in [0, 0.05) is 29.7 Å². The zero-order valence-corrected chi connectivity index (χ0v) is 26.2. The second-order valence-electron chi connectivity index (χ2n) is 13.6. The molecular formula is C38H47N3. The number of pyridine rings is 1. The normalized spacial score (nSPS) is 20.9. The van der Waals surface area contributed by atoms with Gasteiger partial charge in [-0.25, -0.2) is 4.98 Å². The SMILES string of the molecule is CCc1ccccc1-c1cc(-c2nccn2-c2c(C(C)C)cc(C3CCCC3)cc2C(C)C)c(C2(C)C[C@@H]2C)cn1. The van der Waals surface area contributed by atoms with E-state index in [0.29, 0.717) is 23.7 Å². The van der Waals surface area contributed by atoms with Crippen LogP contribution in [0.3, 0.4) is 0 Å². The van der Waals surface area contributed by atoms with Crippen molar-refractivity contribution in [1.82, 2.24) is 14.5 Å². The maximum atomic E-state index is 5.10. The Morgan fingerprint density at radius 3 is 2.20 bits per heavy atom. The first kappa shape index (κ1) is 27.9. The minimum absolute atomic E-state index is 0.135. The molecule has 0 spiro atoms. The fourth-order valence-corrected chi connectivity index (χ4v) is 7.31. The Hall–Kier alpha value is -3.20. The lowest BCUT2D eigenvalue weighted by Crippen LogP contribution is -2.12. The first-order valence-electron chi connectivity index (χ1n) is 16.0. The summed E-state index contributed by atoms with van der Waals surface area (Å²) in [5.41, 5.74) is 12.0. The van der Waals surface area contributed by atoms with E-state index in [1.165, 1.54) is 71.2 Å². The molecule has 2 aliphatic carbocycles. The average molecular weight is 546 g/mol. The van der Waals surface area contributed by atoms with Crippen LogP contribution >= 0.6 is 0 Å². The van der Waals surface area contributed by atoms with Crippen LogP contribution in [-0.2, 0) is 11.8 Å². The molecule has 2 aromatic heterocycles. The lowest BCUT2D eigenvalue weighted by Gasteiger charge is -2.26. The Morgan fingerprint density at radius 2 is 1.59 bits per heavy atom. The summed E-state index contributed by atoms with van der Waals surface area (Å²) in [6.45, 7) is 16.4. The second kappa shape index (κ2) is 10.9. The largest absolute Gasteiger partial charge is 0.299 e. The third-order valence-corrected chi connectivity index (χ3v) is 10.2. The van der Waals surface area contributed by atoms with Crippen molar-refractivity contribution in [1.29, 1.82) is 0 Å². The summed E-state index contributed by atoms with van der Waals surface area (Å²) >= 11 is 0. The molecule has 214 valence electrons. The van der Waals surface area contributed by atoms with Gasteiger partial charge >= 0.3 is 0 Å². The van der Waals surface area contributed by atoms with Crippen LogP contribution in [0, 0.1) is 5.92 Å². The monoisotopic (exact) mass is 545 g/mol. The standard InChI is InChI=1S/C38H47N3/c1-8-27-13-11-12-16-30(27)35-21-33(34(23-40-35)38(7)22-26(38)6)37-39-17-18-41(37)36-31(24(2)3)19-29(20-32(36)25(4)5)28-14-9-10-15-28/h11-13,16-21,23-26,28H,8-10,14-15,22H2,1-7H3/t26-,38?/m0/s1. The first-order chi connectivity index (χ1) is 19.7. The predicted molar refractivity (Wildman–Crippen MR) is 172 cm³/mol. The van der Waals surface area contributed by atoms with Gasteiger partial charge in [-0.3, -0.25) is 9.55 Å². The fraction of sp³-hybridized carbons (Fsp3) is 0.474. The van der Waals surface area contributed by atoms with Crippen LogP contribution in [0.2, 0.25) is 0 Å². The fourth-order valence-electron chi connectivity index (χ4n) is 7.31. The summed E-state index contributed by atoms with van der Waals surface area (Å²) in [7, 11) is 0. The van der Waals surface area contributed by atoms with E-state index in [2.05, 4.69) is 108 Å². The maximum Gasteiger partial charge on any atom is 0.144 e. The second-order valence-corrected chi connectivity index (χ2v) is 13.6. The van der Waals surface area contributed by atoms with Gasteiger partial charge in [0.15, 0.2) is 0 Å². The molecule has 3 heteroatoms. The topological polar surface area (TPSA) is 30.7 Å². The van der Waals surface area contributed by atoms with Crippen LogP contribution in [0.1, 0.15) is 126 Å². The summed E-state index contributed by atoms with van der Waals surface area (Å²) < 4.78 is 2.41. The van der Waals surface area contributed by atoms with Crippen LogP contribution in [0.5, 0.6) is 0 Å². The molecule has 41 heavy (non-hydrogen) atoms. The summed E-state index contributed by atoms with van der Waals surface area (Å²) in [5.74, 6) is 3.22. The summed E-state index contributed by atoms with van der Waals surface area (Å²) in [4.78, 5) is 10.2. The molecule has 2 atom stereocenters. The van der Waals surface area contributed by atoms with Crippen molar-refractivity contribution in [3.8, 4) is 28.3 Å². The van der Waals surface area contributed by atoms with Crippen LogP contribution in [0.4, 0.5) is 0 Å². The van der Waals surface area contributed by atoms with Gasteiger partial charge in [-0.05, 0) is 88.7 Å². The molecule has 0 radical (unpaired) electrons. The highest BCUT2D eigenvalue weighted by molar-refractivity contribution is 5.74. The lowest BCUT2D eigenvalue weighted by molar-refractivity contribution is 0.698. The lowest BCUT2D eigenvalue weighted by atomic mass is 9.85. The van der Waals surface area contributed by atoms with E-state index in [4.69, 9.17) is 9.97 Å². The molecule has 0 bridgehead atoms. The van der Waals surface area contributed by atoms with Gasteiger partial charge < -0.3 is 0 Å². The van der Waals surface area contributed by atoms with Crippen LogP contribution in [-0.4, -0.2) is 14.5 Å². The molecule has 3 nitrogen and oxygen atoms in total. The van der Waals surface area contributed by atoms with Gasteiger partial charge in [0.2, 0.25) is 0 Å². The minimum Gasteiger partial charge on any atom is -0.299 e. The van der Waals surface area contributed by atoms with E-state index in [1.54, 1.807) is 5.56 Å². The maximum absolute atomic E-state index is 5.10. The number of aryl methyl sites for hydroxylation is 1. The number of nitrogens with zero attached hydrogens (tertiary/aromatic N) is 3. The third-order valence-electron chi connectivity index (χ3n) is 10.2. The van der Waals surface area contributed by atoms with Gasteiger partial charge in [-0.1, -0.05) is 97.7 Å². The summed E-state index contributed by atoms with van der Waals surface area (Å²) in [6.07, 6.45) is 13.9. The van der Waals surface area contributed by atoms with Crippen LogP contribution in [0.25, 0.3) is 28.3 Å². The smallest absolute Gasteiger partial charge is 0.144 e. The van der Waals surface area contributed by atoms with E-state index < -0.39 is 0 Å². The molecule has 2 fully saturated rings.